The largest absolute Gasteiger partial charge is 0.393 e. The highest BCUT2D eigenvalue weighted by atomic mass is 16.3. The van der Waals surface area contributed by atoms with Gasteiger partial charge < -0.3 is 10.1 Å². The molecule has 0 aromatic carbocycles. The second kappa shape index (κ2) is 4.81. The number of hydrogen-bond donors (Lipinski definition) is 2. The Hall–Kier alpha value is -0.800. The lowest BCUT2D eigenvalue weighted by atomic mass is 9.92. The van der Waals surface area contributed by atoms with Crippen LogP contribution >= 0.6 is 0 Å². The summed E-state index contributed by atoms with van der Waals surface area (Å²) in [6.45, 7) is 1.00. The molecule has 0 saturated heterocycles. The predicted octanol–water partition coefficient (Wildman–Crippen LogP) is 1.75. The van der Waals surface area contributed by atoms with E-state index in [1.54, 1.807) is 0 Å². The van der Waals surface area contributed by atoms with Gasteiger partial charge in [-0.05, 0) is 44.4 Å². The van der Waals surface area contributed by atoms with E-state index in [2.05, 4.69) is 23.0 Å². The van der Waals surface area contributed by atoms with Crippen LogP contribution in [0.4, 0.5) is 0 Å². The van der Waals surface area contributed by atoms with Crippen LogP contribution in [0.2, 0.25) is 0 Å². The number of H-pyrrole nitrogens is 1. The first-order valence-electron chi connectivity index (χ1n) is 5.75. The maximum absolute atomic E-state index is 9.44. The molecule has 1 aliphatic carbocycles. The Morgan fingerprint density at radius 3 is 2.73 bits per heavy atom. The highest BCUT2D eigenvalue weighted by Gasteiger charge is 2.22. The molecule has 0 amide bonds. The summed E-state index contributed by atoms with van der Waals surface area (Å²) in [4.78, 5) is 5.48. The van der Waals surface area contributed by atoms with Crippen LogP contribution in [0.15, 0.2) is 18.5 Å². The SMILES string of the molecule is CN(Cc1cc[nH]c1)C1CCC(O)CC1. The van der Waals surface area contributed by atoms with Gasteiger partial charge in [-0.15, -0.1) is 0 Å². The van der Waals surface area contributed by atoms with Gasteiger partial charge in [0.2, 0.25) is 0 Å². The van der Waals surface area contributed by atoms with Gasteiger partial charge in [0, 0.05) is 25.0 Å². The molecular formula is C12H20N2O. The van der Waals surface area contributed by atoms with E-state index < -0.39 is 0 Å². The lowest BCUT2D eigenvalue weighted by Crippen LogP contribution is -2.35. The molecule has 3 nitrogen and oxygen atoms in total. The summed E-state index contributed by atoms with van der Waals surface area (Å²) in [6.07, 6.45) is 8.14. The molecule has 3 heteroatoms. The van der Waals surface area contributed by atoms with Crippen molar-refractivity contribution >= 4 is 0 Å². The first-order valence-corrected chi connectivity index (χ1v) is 5.75. The molecule has 0 aliphatic heterocycles. The fourth-order valence-corrected chi connectivity index (χ4v) is 2.37. The Kier molecular flexibility index (Phi) is 3.44. The van der Waals surface area contributed by atoms with E-state index in [4.69, 9.17) is 0 Å². The number of aromatic nitrogens is 1. The Morgan fingerprint density at radius 1 is 1.40 bits per heavy atom. The van der Waals surface area contributed by atoms with Gasteiger partial charge in [0.15, 0.2) is 0 Å². The zero-order valence-corrected chi connectivity index (χ0v) is 9.32. The Balaban J connectivity index is 1.83. The third-order valence-corrected chi connectivity index (χ3v) is 3.38. The fraction of sp³-hybridized carbons (Fsp3) is 0.667. The van der Waals surface area contributed by atoms with E-state index >= 15 is 0 Å². The third-order valence-electron chi connectivity index (χ3n) is 3.38. The van der Waals surface area contributed by atoms with Gasteiger partial charge in [-0.1, -0.05) is 0 Å². The number of nitrogens with zero attached hydrogens (tertiary/aromatic N) is 1. The zero-order chi connectivity index (χ0) is 10.7. The van der Waals surface area contributed by atoms with E-state index in [9.17, 15) is 5.11 Å². The Morgan fingerprint density at radius 2 is 2.13 bits per heavy atom. The standard InChI is InChI=1S/C12H20N2O/c1-14(9-10-6-7-13-8-10)11-2-4-12(15)5-3-11/h6-8,11-13,15H,2-5,9H2,1H3. The van der Waals surface area contributed by atoms with Crippen molar-refractivity contribution in [1.29, 1.82) is 0 Å². The molecule has 0 radical (unpaired) electrons. The molecule has 1 aliphatic rings. The van der Waals surface area contributed by atoms with Crippen LogP contribution in [-0.4, -0.2) is 34.2 Å². The van der Waals surface area contributed by atoms with Crippen molar-refractivity contribution in [2.45, 2.75) is 44.4 Å². The van der Waals surface area contributed by atoms with Crippen molar-refractivity contribution in [2.24, 2.45) is 0 Å². The van der Waals surface area contributed by atoms with E-state index in [0.717, 1.165) is 32.2 Å². The highest BCUT2D eigenvalue weighted by Crippen LogP contribution is 2.23. The lowest BCUT2D eigenvalue weighted by molar-refractivity contribution is 0.0818. The Bertz CT molecular complexity index is 276. The van der Waals surface area contributed by atoms with Crippen molar-refractivity contribution in [3.8, 4) is 0 Å². The van der Waals surface area contributed by atoms with Gasteiger partial charge in [0.1, 0.15) is 0 Å². The second-order valence-electron chi connectivity index (χ2n) is 4.60. The maximum atomic E-state index is 9.44. The van der Waals surface area contributed by atoms with Crippen LogP contribution in [0, 0.1) is 0 Å². The normalized spacial score (nSPS) is 27.1. The smallest absolute Gasteiger partial charge is 0.0541 e. The molecule has 1 saturated carbocycles. The molecule has 0 unspecified atom stereocenters. The molecule has 1 heterocycles. The Labute approximate surface area is 91.1 Å². The number of hydrogen-bond acceptors (Lipinski definition) is 2. The summed E-state index contributed by atoms with van der Waals surface area (Å²) in [5.41, 5.74) is 1.34. The van der Waals surface area contributed by atoms with Crippen molar-refractivity contribution < 1.29 is 5.11 Å². The lowest BCUT2D eigenvalue weighted by Gasteiger charge is -2.32. The van der Waals surface area contributed by atoms with Gasteiger partial charge in [0.25, 0.3) is 0 Å². The van der Waals surface area contributed by atoms with Crippen LogP contribution in [0.5, 0.6) is 0 Å². The van der Waals surface area contributed by atoms with E-state index in [-0.39, 0.29) is 6.10 Å². The number of rotatable bonds is 3. The van der Waals surface area contributed by atoms with Gasteiger partial charge in [0.05, 0.1) is 6.10 Å². The van der Waals surface area contributed by atoms with Crippen molar-refractivity contribution in [2.75, 3.05) is 7.05 Å². The van der Waals surface area contributed by atoms with Crippen LogP contribution < -0.4 is 0 Å². The molecule has 0 bridgehead atoms. The predicted molar refractivity (Wildman–Crippen MR) is 60.5 cm³/mol. The quantitative estimate of drug-likeness (QED) is 0.794. The molecular weight excluding hydrogens is 188 g/mol. The first-order chi connectivity index (χ1) is 7.25. The van der Waals surface area contributed by atoms with Crippen LogP contribution in [0.1, 0.15) is 31.2 Å². The molecule has 84 valence electrons. The molecule has 1 aromatic heterocycles. The minimum Gasteiger partial charge on any atom is -0.393 e. The first kappa shape index (κ1) is 10.7. The summed E-state index contributed by atoms with van der Waals surface area (Å²) in [6, 6.07) is 2.76. The van der Waals surface area contributed by atoms with Gasteiger partial charge in [-0.25, -0.2) is 0 Å². The van der Waals surface area contributed by atoms with E-state index in [1.807, 2.05) is 12.4 Å². The van der Waals surface area contributed by atoms with Crippen molar-refractivity contribution in [3.05, 3.63) is 24.0 Å². The number of aliphatic hydroxyl groups excluding tert-OH is 1. The second-order valence-corrected chi connectivity index (χ2v) is 4.60. The summed E-state index contributed by atoms with van der Waals surface area (Å²) >= 11 is 0. The average Bonchev–Trinajstić information content (AvgIpc) is 2.71. The van der Waals surface area contributed by atoms with Crippen molar-refractivity contribution in [1.82, 2.24) is 9.88 Å². The van der Waals surface area contributed by atoms with Crippen LogP contribution in [-0.2, 0) is 6.54 Å². The minimum absolute atomic E-state index is 0.0538. The summed E-state index contributed by atoms with van der Waals surface area (Å²) in [5, 5.41) is 9.44. The monoisotopic (exact) mass is 208 g/mol. The van der Waals surface area contributed by atoms with Gasteiger partial charge in [-0.2, -0.15) is 0 Å². The van der Waals surface area contributed by atoms with Crippen LogP contribution in [0.3, 0.4) is 0 Å². The average molecular weight is 208 g/mol. The molecule has 15 heavy (non-hydrogen) atoms. The summed E-state index contributed by atoms with van der Waals surface area (Å²) in [5.74, 6) is 0. The minimum atomic E-state index is -0.0538. The zero-order valence-electron chi connectivity index (χ0n) is 9.32. The van der Waals surface area contributed by atoms with Gasteiger partial charge >= 0.3 is 0 Å². The van der Waals surface area contributed by atoms with Gasteiger partial charge in [-0.3, -0.25) is 4.90 Å². The van der Waals surface area contributed by atoms with Crippen molar-refractivity contribution in [3.63, 3.8) is 0 Å². The van der Waals surface area contributed by atoms with Crippen LogP contribution in [0.25, 0.3) is 0 Å². The molecule has 0 atom stereocenters. The fourth-order valence-electron chi connectivity index (χ4n) is 2.37. The number of aliphatic hydroxyl groups is 1. The van der Waals surface area contributed by atoms with E-state index in [0.29, 0.717) is 6.04 Å². The molecule has 2 N–H and O–H groups in total. The number of aromatic amines is 1. The molecule has 1 aromatic rings. The summed E-state index contributed by atoms with van der Waals surface area (Å²) in [7, 11) is 2.18. The summed E-state index contributed by atoms with van der Waals surface area (Å²) < 4.78 is 0. The highest BCUT2D eigenvalue weighted by molar-refractivity contribution is 5.08. The molecule has 0 spiro atoms. The number of nitrogens with one attached hydrogen (secondary N) is 1. The molecule has 2 rings (SSSR count). The topological polar surface area (TPSA) is 39.3 Å². The third kappa shape index (κ3) is 2.83. The van der Waals surface area contributed by atoms with E-state index in [1.165, 1.54) is 5.56 Å². The molecule has 1 fully saturated rings. The maximum Gasteiger partial charge on any atom is 0.0541 e.